The van der Waals surface area contributed by atoms with Crippen LogP contribution in [0.5, 0.6) is 0 Å². The predicted octanol–water partition coefficient (Wildman–Crippen LogP) is 3.66. The van der Waals surface area contributed by atoms with Gasteiger partial charge in [0.15, 0.2) is 8.32 Å². The molecule has 0 aliphatic carbocycles. The number of aliphatic hydroxyl groups is 1. The fourth-order valence-corrected chi connectivity index (χ4v) is 2.80. The second-order valence-corrected chi connectivity index (χ2v) is 12.7. The molecule has 0 aliphatic rings. The highest BCUT2D eigenvalue weighted by Crippen LogP contribution is 2.37. The normalized spacial score (nSPS) is 16.9. The van der Waals surface area contributed by atoms with Crippen molar-refractivity contribution in [3.05, 3.63) is 12.2 Å². The van der Waals surface area contributed by atoms with E-state index in [2.05, 4.69) is 33.9 Å². The Bertz CT molecular complexity index is 375. The van der Waals surface area contributed by atoms with E-state index in [-0.39, 0.29) is 11.1 Å². The van der Waals surface area contributed by atoms with Gasteiger partial charge >= 0.3 is 5.97 Å². The van der Waals surface area contributed by atoms with E-state index < -0.39 is 26.0 Å². The van der Waals surface area contributed by atoms with Crippen LogP contribution in [0, 0.1) is 0 Å². The molecule has 5 heteroatoms. The van der Waals surface area contributed by atoms with Crippen molar-refractivity contribution in [3.63, 3.8) is 0 Å². The van der Waals surface area contributed by atoms with Crippen molar-refractivity contribution in [2.45, 2.75) is 84.4 Å². The Morgan fingerprint density at radius 1 is 1.14 bits per heavy atom. The summed E-state index contributed by atoms with van der Waals surface area (Å²) in [6, 6.07) is 0. The van der Waals surface area contributed by atoms with E-state index in [4.69, 9.17) is 9.16 Å². The lowest BCUT2D eigenvalue weighted by molar-refractivity contribution is -0.148. The molecule has 4 nitrogen and oxygen atoms in total. The number of ether oxygens (including phenoxy) is 1. The quantitative estimate of drug-likeness (QED) is 0.478. The standard InChI is InChI=1S/C16H32O4Si/c1-12(20-21(8,9)16(5,6)7)13(17)10-11-14(18)19-15(2,3)4/h10-13,17H,1-9H3/b11-10+/t12-,13+/m0/s1. The molecule has 0 bridgehead atoms. The SMILES string of the molecule is C[C@H](O[Si](C)(C)C(C)(C)C)[C@H](O)/C=C/C(=O)OC(C)(C)C. The molecule has 0 spiro atoms. The summed E-state index contributed by atoms with van der Waals surface area (Å²) >= 11 is 0. The predicted molar refractivity (Wildman–Crippen MR) is 88.7 cm³/mol. The highest BCUT2D eigenvalue weighted by molar-refractivity contribution is 6.74. The average Bonchev–Trinajstić information content (AvgIpc) is 2.21. The first-order valence-electron chi connectivity index (χ1n) is 7.43. The van der Waals surface area contributed by atoms with Gasteiger partial charge in [0.1, 0.15) is 5.60 Å². The zero-order chi connectivity index (χ0) is 17.1. The van der Waals surface area contributed by atoms with Gasteiger partial charge in [-0.25, -0.2) is 4.79 Å². The summed E-state index contributed by atoms with van der Waals surface area (Å²) in [5.74, 6) is -0.457. The molecule has 0 heterocycles. The first-order valence-corrected chi connectivity index (χ1v) is 10.3. The summed E-state index contributed by atoms with van der Waals surface area (Å²) < 4.78 is 11.2. The second-order valence-electron chi connectivity index (χ2n) is 7.97. The Morgan fingerprint density at radius 2 is 1.62 bits per heavy atom. The van der Waals surface area contributed by atoms with Gasteiger partial charge < -0.3 is 14.3 Å². The third-order valence-electron chi connectivity index (χ3n) is 3.60. The molecule has 2 atom stereocenters. The maximum atomic E-state index is 11.6. The first kappa shape index (κ1) is 20.3. The Kier molecular flexibility index (Phi) is 6.85. The van der Waals surface area contributed by atoms with E-state index in [1.807, 2.05) is 6.92 Å². The van der Waals surface area contributed by atoms with Crippen molar-refractivity contribution < 1.29 is 19.1 Å². The van der Waals surface area contributed by atoms with Crippen LogP contribution >= 0.6 is 0 Å². The second kappa shape index (κ2) is 7.07. The highest BCUT2D eigenvalue weighted by Gasteiger charge is 2.39. The fraction of sp³-hybridized carbons (Fsp3) is 0.812. The van der Waals surface area contributed by atoms with Gasteiger partial charge in [-0.1, -0.05) is 20.8 Å². The zero-order valence-electron chi connectivity index (χ0n) is 15.0. The molecule has 0 aliphatic heterocycles. The van der Waals surface area contributed by atoms with E-state index in [9.17, 15) is 9.90 Å². The molecule has 0 aromatic heterocycles. The maximum absolute atomic E-state index is 11.6. The van der Waals surface area contributed by atoms with Gasteiger partial charge in [0, 0.05) is 6.08 Å². The Balaban J connectivity index is 4.60. The molecule has 0 rings (SSSR count). The van der Waals surface area contributed by atoms with Crippen LogP contribution in [0.4, 0.5) is 0 Å². The van der Waals surface area contributed by atoms with Crippen LogP contribution in [0.3, 0.4) is 0 Å². The van der Waals surface area contributed by atoms with Crippen LogP contribution in [0.1, 0.15) is 48.5 Å². The number of carbonyl (C=O) groups excluding carboxylic acids is 1. The molecule has 0 unspecified atom stereocenters. The van der Waals surface area contributed by atoms with Gasteiger partial charge in [0.25, 0.3) is 0 Å². The van der Waals surface area contributed by atoms with Crippen LogP contribution < -0.4 is 0 Å². The van der Waals surface area contributed by atoms with Crippen molar-refractivity contribution >= 4 is 14.3 Å². The van der Waals surface area contributed by atoms with Gasteiger partial charge in [0.2, 0.25) is 0 Å². The number of carbonyl (C=O) groups is 1. The third-order valence-corrected chi connectivity index (χ3v) is 8.18. The van der Waals surface area contributed by atoms with Gasteiger partial charge in [-0.2, -0.15) is 0 Å². The molecule has 21 heavy (non-hydrogen) atoms. The van der Waals surface area contributed by atoms with Crippen LogP contribution in [-0.2, 0) is 14.0 Å². The van der Waals surface area contributed by atoms with E-state index in [1.165, 1.54) is 12.2 Å². The average molecular weight is 317 g/mol. The van der Waals surface area contributed by atoms with Crippen molar-refractivity contribution in [3.8, 4) is 0 Å². The van der Waals surface area contributed by atoms with Crippen molar-refractivity contribution in [1.29, 1.82) is 0 Å². The topological polar surface area (TPSA) is 55.8 Å². The molecular weight excluding hydrogens is 284 g/mol. The number of hydrogen-bond acceptors (Lipinski definition) is 4. The molecule has 0 amide bonds. The third kappa shape index (κ3) is 7.78. The van der Waals surface area contributed by atoms with Gasteiger partial charge in [-0.15, -0.1) is 0 Å². The smallest absolute Gasteiger partial charge is 0.331 e. The van der Waals surface area contributed by atoms with Crippen LogP contribution in [-0.4, -0.2) is 37.2 Å². The number of esters is 1. The van der Waals surface area contributed by atoms with Crippen LogP contribution in [0.25, 0.3) is 0 Å². The minimum atomic E-state index is -1.94. The molecule has 0 aromatic rings. The van der Waals surface area contributed by atoms with Crippen LogP contribution in [0.2, 0.25) is 18.1 Å². The number of aliphatic hydroxyl groups excluding tert-OH is 1. The Hall–Kier alpha value is -0.653. The number of hydrogen-bond donors (Lipinski definition) is 1. The van der Waals surface area contributed by atoms with Crippen molar-refractivity contribution in [1.82, 2.24) is 0 Å². The molecule has 0 radical (unpaired) electrons. The molecule has 0 saturated heterocycles. The minimum Gasteiger partial charge on any atom is -0.457 e. The largest absolute Gasteiger partial charge is 0.457 e. The lowest BCUT2D eigenvalue weighted by Crippen LogP contribution is -2.45. The van der Waals surface area contributed by atoms with Gasteiger partial charge in [-0.3, -0.25) is 0 Å². The summed E-state index contributed by atoms with van der Waals surface area (Å²) in [5.41, 5.74) is -0.532. The van der Waals surface area contributed by atoms with E-state index in [0.29, 0.717) is 0 Å². The Labute approximate surface area is 130 Å². The summed E-state index contributed by atoms with van der Waals surface area (Å²) in [6.45, 7) is 17.9. The first-order chi connectivity index (χ1) is 9.16. The van der Waals surface area contributed by atoms with Crippen molar-refractivity contribution in [2.75, 3.05) is 0 Å². The molecule has 1 N–H and O–H groups in total. The number of rotatable bonds is 5. The monoisotopic (exact) mass is 316 g/mol. The molecule has 0 aromatic carbocycles. The summed E-state index contributed by atoms with van der Waals surface area (Å²) in [5, 5.41) is 10.2. The summed E-state index contributed by atoms with van der Waals surface area (Å²) in [6.07, 6.45) is 1.52. The van der Waals surface area contributed by atoms with Crippen molar-refractivity contribution in [2.24, 2.45) is 0 Å². The Morgan fingerprint density at radius 3 is 2.00 bits per heavy atom. The minimum absolute atomic E-state index is 0.0792. The summed E-state index contributed by atoms with van der Waals surface area (Å²) in [4.78, 5) is 11.6. The fourth-order valence-electron chi connectivity index (χ4n) is 1.38. The zero-order valence-corrected chi connectivity index (χ0v) is 16.0. The van der Waals surface area contributed by atoms with E-state index in [0.717, 1.165) is 0 Å². The maximum Gasteiger partial charge on any atom is 0.331 e. The van der Waals surface area contributed by atoms with E-state index >= 15 is 0 Å². The molecular formula is C16H32O4Si. The molecule has 0 fully saturated rings. The molecule has 124 valence electrons. The van der Waals surface area contributed by atoms with Crippen LogP contribution in [0.15, 0.2) is 12.2 Å². The lowest BCUT2D eigenvalue weighted by Gasteiger charge is -2.39. The van der Waals surface area contributed by atoms with Gasteiger partial charge in [-0.05, 0) is 51.9 Å². The molecule has 0 saturated carbocycles. The van der Waals surface area contributed by atoms with E-state index in [1.54, 1.807) is 20.8 Å². The highest BCUT2D eigenvalue weighted by atomic mass is 28.4. The lowest BCUT2D eigenvalue weighted by atomic mass is 10.2. The summed E-state index contributed by atoms with van der Waals surface area (Å²) in [7, 11) is -1.94. The van der Waals surface area contributed by atoms with Gasteiger partial charge in [0.05, 0.1) is 12.2 Å².